The molecule has 21 heavy (non-hydrogen) atoms. The molecule has 2 N–H and O–H groups in total. The molecule has 7 heteroatoms. The van der Waals surface area contributed by atoms with Gasteiger partial charge in [-0.2, -0.15) is 5.10 Å². The Kier molecular flexibility index (Phi) is 4.81. The second kappa shape index (κ2) is 6.99. The average molecular weight is 286 g/mol. The topological polar surface area (TPSA) is 97.1 Å². The predicted octanol–water partition coefficient (Wildman–Crippen LogP) is 0.806. The van der Waals surface area contributed by atoms with Crippen molar-refractivity contribution in [3.63, 3.8) is 0 Å². The summed E-state index contributed by atoms with van der Waals surface area (Å²) in [6.45, 7) is 0.949. The van der Waals surface area contributed by atoms with E-state index in [1.54, 1.807) is 35.3 Å². The van der Waals surface area contributed by atoms with Gasteiger partial charge < -0.3 is 10.4 Å². The number of carboxylic acid groups (broad SMARTS) is 1. The predicted molar refractivity (Wildman–Crippen MR) is 75.5 cm³/mol. The van der Waals surface area contributed by atoms with Crippen molar-refractivity contribution in [3.8, 4) is 0 Å². The van der Waals surface area contributed by atoms with Gasteiger partial charge >= 0.3 is 5.97 Å². The van der Waals surface area contributed by atoms with Crippen molar-refractivity contribution in [1.82, 2.24) is 20.1 Å². The highest BCUT2D eigenvalue weighted by atomic mass is 16.4. The summed E-state index contributed by atoms with van der Waals surface area (Å²) in [6.07, 6.45) is 7.26. The third kappa shape index (κ3) is 4.27. The molecule has 0 aliphatic carbocycles. The van der Waals surface area contributed by atoms with Crippen LogP contribution in [0.3, 0.4) is 0 Å². The highest BCUT2D eigenvalue weighted by Crippen LogP contribution is 2.07. The van der Waals surface area contributed by atoms with Gasteiger partial charge in [-0.1, -0.05) is 6.07 Å². The number of carbonyl (C=O) groups excluding carboxylic acids is 1. The van der Waals surface area contributed by atoms with Crippen molar-refractivity contribution in [2.75, 3.05) is 6.54 Å². The van der Waals surface area contributed by atoms with E-state index in [9.17, 15) is 9.59 Å². The van der Waals surface area contributed by atoms with Crippen LogP contribution in [0.5, 0.6) is 0 Å². The van der Waals surface area contributed by atoms with Gasteiger partial charge in [0.1, 0.15) is 5.69 Å². The second-order valence-corrected chi connectivity index (χ2v) is 4.14. The first kappa shape index (κ1) is 14.4. The summed E-state index contributed by atoms with van der Waals surface area (Å²) in [7, 11) is 0. The highest BCUT2D eigenvalue weighted by Gasteiger charge is 2.10. The molecular formula is C14H14N4O3. The van der Waals surface area contributed by atoms with E-state index in [2.05, 4.69) is 15.4 Å². The van der Waals surface area contributed by atoms with Crippen molar-refractivity contribution in [2.24, 2.45) is 0 Å². The lowest BCUT2D eigenvalue weighted by atomic mass is 10.1. The minimum atomic E-state index is -1.08. The first-order valence-electron chi connectivity index (χ1n) is 6.28. The largest absolute Gasteiger partial charge is 0.478 e. The number of nitrogens with zero attached hydrogens (tertiary/aromatic N) is 3. The van der Waals surface area contributed by atoms with E-state index in [0.29, 0.717) is 18.7 Å². The number of rotatable bonds is 6. The van der Waals surface area contributed by atoms with Crippen molar-refractivity contribution >= 4 is 18.0 Å². The Labute approximate surface area is 120 Å². The minimum Gasteiger partial charge on any atom is -0.478 e. The Morgan fingerprint density at radius 3 is 2.90 bits per heavy atom. The normalized spacial score (nSPS) is 10.7. The summed E-state index contributed by atoms with van der Waals surface area (Å²) in [5.41, 5.74) is 0.645. The van der Waals surface area contributed by atoms with E-state index in [1.807, 2.05) is 0 Å². The fourth-order valence-electron chi connectivity index (χ4n) is 1.70. The molecule has 0 atom stereocenters. The molecule has 0 saturated carbocycles. The standard InChI is InChI=1S/C14H14N4O3/c19-12(20)5-4-11-3-1-6-15-13(11)14(21)16-8-10-18-9-2-7-17-18/h1-7,9H,8,10H2,(H,16,21)(H,19,20)/b5-4+. The van der Waals surface area contributed by atoms with Crippen molar-refractivity contribution in [1.29, 1.82) is 0 Å². The maximum atomic E-state index is 12.1. The molecule has 0 aliphatic heterocycles. The number of aliphatic carboxylic acids is 1. The van der Waals surface area contributed by atoms with Crippen LogP contribution < -0.4 is 5.32 Å². The van der Waals surface area contributed by atoms with Crippen LogP contribution in [0.25, 0.3) is 6.08 Å². The smallest absolute Gasteiger partial charge is 0.328 e. The first-order chi connectivity index (χ1) is 10.2. The Bertz CT molecular complexity index is 650. The monoisotopic (exact) mass is 286 g/mol. The molecule has 1 amide bonds. The molecule has 2 aromatic heterocycles. The van der Waals surface area contributed by atoms with Gasteiger partial charge in [-0.15, -0.1) is 0 Å². The van der Waals surface area contributed by atoms with Gasteiger partial charge in [0, 0.05) is 36.8 Å². The zero-order valence-electron chi connectivity index (χ0n) is 11.1. The summed E-state index contributed by atoms with van der Waals surface area (Å²) in [5.74, 6) is -1.43. The van der Waals surface area contributed by atoms with Crippen LogP contribution in [-0.4, -0.2) is 38.3 Å². The highest BCUT2D eigenvalue weighted by molar-refractivity contribution is 5.97. The molecular weight excluding hydrogens is 272 g/mol. The first-order valence-corrected chi connectivity index (χ1v) is 6.28. The van der Waals surface area contributed by atoms with Gasteiger partial charge in [-0.05, 0) is 18.2 Å². The van der Waals surface area contributed by atoms with E-state index >= 15 is 0 Å². The molecule has 0 aromatic carbocycles. The average Bonchev–Trinajstić information content (AvgIpc) is 2.98. The third-order valence-electron chi connectivity index (χ3n) is 2.65. The molecule has 0 fully saturated rings. The van der Waals surface area contributed by atoms with Gasteiger partial charge in [0.25, 0.3) is 5.91 Å². The lowest BCUT2D eigenvalue weighted by Gasteiger charge is -2.07. The Balaban J connectivity index is 2.00. The van der Waals surface area contributed by atoms with Gasteiger partial charge in [0.2, 0.25) is 0 Å². The maximum Gasteiger partial charge on any atom is 0.328 e. The molecule has 0 bridgehead atoms. The Morgan fingerprint density at radius 1 is 1.33 bits per heavy atom. The Hall–Kier alpha value is -2.96. The summed E-state index contributed by atoms with van der Waals surface area (Å²) in [4.78, 5) is 26.6. The molecule has 7 nitrogen and oxygen atoms in total. The fraction of sp³-hybridized carbons (Fsp3) is 0.143. The van der Waals surface area contributed by atoms with Gasteiger partial charge in [-0.3, -0.25) is 14.5 Å². The van der Waals surface area contributed by atoms with Crippen LogP contribution in [0.2, 0.25) is 0 Å². The van der Waals surface area contributed by atoms with E-state index in [0.717, 1.165) is 6.08 Å². The maximum absolute atomic E-state index is 12.1. The molecule has 0 radical (unpaired) electrons. The SMILES string of the molecule is O=C(O)/C=C/c1cccnc1C(=O)NCCn1cccn1. The van der Waals surface area contributed by atoms with Crippen LogP contribution in [0, 0.1) is 0 Å². The van der Waals surface area contributed by atoms with Crippen molar-refractivity contribution in [2.45, 2.75) is 6.54 Å². The van der Waals surface area contributed by atoms with E-state index in [4.69, 9.17) is 5.11 Å². The van der Waals surface area contributed by atoms with E-state index in [-0.39, 0.29) is 11.6 Å². The second-order valence-electron chi connectivity index (χ2n) is 4.14. The molecule has 2 rings (SSSR count). The Morgan fingerprint density at radius 2 is 2.19 bits per heavy atom. The fourth-order valence-corrected chi connectivity index (χ4v) is 1.70. The summed E-state index contributed by atoms with van der Waals surface area (Å²) in [6, 6.07) is 5.08. The number of pyridine rings is 1. The number of aromatic nitrogens is 3. The van der Waals surface area contributed by atoms with E-state index < -0.39 is 5.97 Å². The molecule has 0 spiro atoms. The molecule has 2 aromatic rings. The zero-order chi connectivity index (χ0) is 15.1. The van der Waals surface area contributed by atoms with Crippen LogP contribution in [0.15, 0.2) is 42.9 Å². The molecule has 0 unspecified atom stereocenters. The van der Waals surface area contributed by atoms with Crippen LogP contribution in [0.4, 0.5) is 0 Å². The van der Waals surface area contributed by atoms with Crippen molar-refractivity contribution < 1.29 is 14.7 Å². The van der Waals surface area contributed by atoms with Crippen LogP contribution in [0.1, 0.15) is 16.1 Å². The lowest BCUT2D eigenvalue weighted by molar-refractivity contribution is -0.131. The van der Waals surface area contributed by atoms with E-state index in [1.165, 1.54) is 12.3 Å². The number of nitrogens with one attached hydrogen (secondary N) is 1. The lowest BCUT2D eigenvalue weighted by Crippen LogP contribution is -2.28. The third-order valence-corrected chi connectivity index (χ3v) is 2.65. The van der Waals surface area contributed by atoms with Crippen molar-refractivity contribution in [3.05, 3.63) is 54.1 Å². The molecule has 108 valence electrons. The number of carbonyl (C=O) groups is 2. The molecule has 0 saturated heterocycles. The molecule has 0 aliphatic rings. The van der Waals surface area contributed by atoms with Gasteiger partial charge in [0.15, 0.2) is 0 Å². The summed E-state index contributed by atoms with van der Waals surface area (Å²) >= 11 is 0. The van der Waals surface area contributed by atoms with Gasteiger partial charge in [0.05, 0.1) is 6.54 Å². The molecule has 2 heterocycles. The number of carboxylic acids is 1. The number of hydrogen-bond acceptors (Lipinski definition) is 4. The summed E-state index contributed by atoms with van der Waals surface area (Å²) in [5, 5.41) is 15.4. The van der Waals surface area contributed by atoms with Crippen LogP contribution in [-0.2, 0) is 11.3 Å². The van der Waals surface area contributed by atoms with Gasteiger partial charge in [-0.25, -0.2) is 4.79 Å². The quantitative estimate of drug-likeness (QED) is 0.766. The minimum absolute atomic E-state index is 0.190. The zero-order valence-corrected chi connectivity index (χ0v) is 11.1. The number of amides is 1. The van der Waals surface area contributed by atoms with Crippen LogP contribution >= 0.6 is 0 Å². The summed E-state index contributed by atoms with van der Waals surface area (Å²) < 4.78 is 1.70. The number of hydrogen-bond donors (Lipinski definition) is 2.